The minimum absolute atomic E-state index is 0.0732. The van der Waals surface area contributed by atoms with Crippen LogP contribution >= 0.6 is 0 Å². The molecule has 0 aliphatic carbocycles. The normalized spacial score (nSPS) is 13.3. The van der Waals surface area contributed by atoms with E-state index in [2.05, 4.69) is 19.1 Å². The molecule has 0 aliphatic heterocycles. The van der Waals surface area contributed by atoms with Gasteiger partial charge in [-0.25, -0.2) is 0 Å². The first-order chi connectivity index (χ1) is 14.1. The highest BCUT2D eigenvalue weighted by Gasteiger charge is 2.19. The van der Waals surface area contributed by atoms with Crippen molar-refractivity contribution in [2.75, 3.05) is 0 Å². The summed E-state index contributed by atoms with van der Waals surface area (Å²) in [5, 5.41) is 19.2. The molecule has 0 fully saturated rings. The van der Waals surface area contributed by atoms with Crippen molar-refractivity contribution in [3.8, 4) is 0 Å². The fourth-order valence-electron chi connectivity index (χ4n) is 3.62. The van der Waals surface area contributed by atoms with E-state index in [1.165, 1.54) is 32.1 Å². The first-order valence-electron chi connectivity index (χ1n) is 11.7. The van der Waals surface area contributed by atoms with Crippen LogP contribution < -0.4 is 0 Å². The van der Waals surface area contributed by atoms with Crippen LogP contribution in [0.5, 0.6) is 0 Å². The molecule has 2 atom stereocenters. The van der Waals surface area contributed by atoms with E-state index in [1.807, 2.05) is 18.2 Å². The summed E-state index contributed by atoms with van der Waals surface area (Å²) in [5.41, 5.74) is 1.16. The summed E-state index contributed by atoms with van der Waals surface area (Å²) in [5.74, 6) is -0.684. The average molecular weight is 407 g/mol. The van der Waals surface area contributed by atoms with E-state index in [0.717, 1.165) is 56.9 Å². The van der Waals surface area contributed by atoms with Gasteiger partial charge in [-0.05, 0) is 24.8 Å². The van der Waals surface area contributed by atoms with Gasteiger partial charge in [-0.3, -0.25) is 4.79 Å². The Morgan fingerprint density at radius 2 is 1.45 bits per heavy atom. The predicted octanol–water partition coefficient (Wildman–Crippen LogP) is 6.50. The van der Waals surface area contributed by atoms with Crippen molar-refractivity contribution in [1.29, 1.82) is 0 Å². The van der Waals surface area contributed by atoms with E-state index < -0.39 is 5.97 Å². The molecule has 0 heterocycles. The first-order valence-corrected chi connectivity index (χ1v) is 11.7. The molecule has 2 N–H and O–H groups in total. The molecular weight excluding hydrogens is 364 g/mol. The number of hydrogen-bond acceptors (Lipinski definition) is 3. The number of benzene rings is 1. The highest BCUT2D eigenvalue weighted by Crippen LogP contribution is 2.18. The molecule has 0 aromatic heterocycles. The smallest absolute Gasteiger partial charge is 0.303 e. The Bertz CT molecular complexity index is 503. The second-order valence-corrected chi connectivity index (χ2v) is 8.16. The third-order valence-electron chi connectivity index (χ3n) is 5.47. The van der Waals surface area contributed by atoms with Gasteiger partial charge in [0.1, 0.15) is 0 Å². The Hall–Kier alpha value is -1.39. The second-order valence-electron chi connectivity index (χ2n) is 8.16. The molecule has 0 amide bonds. The van der Waals surface area contributed by atoms with Crippen LogP contribution in [0.4, 0.5) is 0 Å². The maximum Gasteiger partial charge on any atom is 0.303 e. The van der Waals surface area contributed by atoms with E-state index in [-0.39, 0.29) is 12.2 Å². The molecule has 4 heteroatoms. The number of aliphatic carboxylic acids is 1. The summed E-state index contributed by atoms with van der Waals surface area (Å²) >= 11 is 0. The molecule has 0 saturated carbocycles. The van der Waals surface area contributed by atoms with E-state index in [4.69, 9.17) is 9.84 Å². The van der Waals surface area contributed by atoms with Gasteiger partial charge < -0.3 is 14.9 Å². The largest absolute Gasteiger partial charge is 0.481 e. The Balaban J connectivity index is 2.15. The zero-order valence-electron chi connectivity index (χ0n) is 18.4. The zero-order chi connectivity index (χ0) is 21.2. The van der Waals surface area contributed by atoms with Crippen molar-refractivity contribution < 1.29 is 19.7 Å². The van der Waals surface area contributed by atoms with Gasteiger partial charge in [0.15, 0.2) is 0 Å². The van der Waals surface area contributed by atoms with Gasteiger partial charge in [-0.2, -0.15) is 0 Å². The van der Waals surface area contributed by atoms with Crippen LogP contribution in [0.2, 0.25) is 0 Å². The SMILES string of the molecule is CCCCC(O)C(CCCCCCCCCCCC(=O)O)OCc1ccccc1. The monoisotopic (exact) mass is 406 g/mol. The fourth-order valence-corrected chi connectivity index (χ4v) is 3.62. The van der Waals surface area contributed by atoms with Crippen LogP contribution in [-0.4, -0.2) is 28.4 Å². The summed E-state index contributed by atoms with van der Waals surface area (Å²) in [4.78, 5) is 10.5. The molecule has 1 aromatic carbocycles. The molecule has 0 spiro atoms. The Morgan fingerprint density at radius 1 is 0.862 bits per heavy atom. The average Bonchev–Trinajstić information content (AvgIpc) is 2.72. The molecule has 29 heavy (non-hydrogen) atoms. The van der Waals surface area contributed by atoms with Gasteiger partial charge in [0.25, 0.3) is 0 Å². The number of carboxylic acid groups (broad SMARTS) is 1. The van der Waals surface area contributed by atoms with E-state index >= 15 is 0 Å². The maximum atomic E-state index is 10.5. The van der Waals surface area contributed by atoms with Crippen molar-refractivity contribution in [3.63, 3.8) is 0 Å². The van der Waals surface area contributed by atoms with Crippen LogP contribution in [0.15, 0.2) is 30.3 Å². The number of carboxylic acids is 1. The molecule has 2 unspecified atom stereocenters. The highest BCUT2D eigenvalue weighted by atomic mass is 16.5. The van der Waals surface area contributed by atoms with Crippen LogP contribution in [0.25, 0.3) is 0 Å². The third-order valence-corrected chi connectivity index (χ3v) is 5.47. The molecule has 1 rings (SSSR count). The lowest BCUT2D eigenvalue weighted by molar-refractivity contribution is -0.137. The minimum atomic E-state index is -0.684. The van der Waals surface area contributed by atoms with Crippen molar-refractivity contribution in [1.82, 2.24) is 0 Å². The van der Waals surface area contributed by atoms with Gasteiger partial charge in [-0.1, -0.05) is 101 Å². The maximum absolute atomic E-state index is 10.5. The number of carbonyl (C=O) groups is 1. The molecule has 1 aromatic rings. The summed E-state index contributed by atoms with van der Waals surface area (Å²) in [6, 6.07) is 10.2. The summed E-state index contributed by atoms with van der Waals surface area (Å²) in [6.07, 6.45) is 13.9. The van der Waals surface area contributed by atoms with E-state index in [1.54, 1.807) is 0 Å². The predicted molar refractivity (Wildman–Crippen MR) is 119 cm³/mol. The number of aliphatic hydroxyl groups is 1. The number of aliphatic hydroxyl groups excluding tert-OH is 1. The molecular formula is C25H42O4. The van der Waals surface area contributed by atoms with Crippen LogP contribution in [0.1, 0.15) is 102 Å². The molecule has 0 saturated heterocycles. The Kier molecular flexibility index (Phi) is 15.4. The minimum Gasteiger partial charge on any atom is -0.481 e. The number of ether oxygens (including phenoxy) is 1. The lowest BCUT2D eigenvalue weighted by Crippen LogP contribution is -2.29. The Labute approximate surface area is 177 Å². The fraction of sp³-hybridized carbons (Fsp3) is 0.720. The van der Waals surface area contributed by atoms with Gasteiger partial charge in [0, 0.05) is 6.42 Å². The van der Waals surface area contributed by atoms with Crippen molar-refractivity contribution in [2.24, 2.45) is 0 Å². The standard InChI is InChI=1S/C25H42O4/c1-2-3-18-23(26)24(29-21-22-16-12-11-13-17-22)19-14-9-7-5-4-6-8-10-15-20-25(27)28/h11-13,16-17,23-24,26H,2-10,14-15,18-21H2,1H3,(H,27,28). The lowest BCUT2D eigenvalue weighted by Gasteiger charge is -2.23. The lowest BCUT2D eigenvalue weighted by atomic mass is 10.00. The first kappa shape index (κ1) is 25.6. The molecule has 0 radical (unpaired) electrons. The van der Waals surface area contributed by atoms with Crippen molar-refractivity contribution >= 4 is 5.97 Å². The zero-order valence-corrected chi connectivity index (χ0v) is 18.4. The topological polar surface area (TPSA) is 66.8 Å². The van der Waals surface area contributed by atoms with Crippen molar-refractivity contribution in [2.45, 2.75) is 116 Å². The quantitative estimate of drug-likeness (QED) is 0.257. The second kappa shape index (κ2) is 17.5. The molecule has 0 bridgehead atoms. The highest BCUT2D eigenvalue weighted by molar-refractivity contribution is 5.66. The summed E-state index contributed by atoms with van der Waals surface area (Å²) in [6.45, 7) is 2.72. The number of rotatable bonds is 19. The van der Waals surface area contributed by atoms with E-state index in [0.29, 0.717) is 13.0 Å². The van der Waals surface area contributed by atoms with E-state index in [9.17, 15) is 9.90 Å². The summed E-state index contributed by atoms with van der Waals surface area (Å²) < 4.78 is 6.09. The summed E-state index contributed by atoms with van der Waals surface area (Å²) in [7, 11) is 0. The van der Waals surface area contributed by atoms with Crippen LogP contribution in [0.3, 0.4) is 0 Å². The van der Waals surface area contributed by atoms with Gasteiger partial charge in [0.05, 0.1) is 18.8 Å². The van der Waals surface area contributed by atoms with Crippen LogP contribution in [-0.2, 0) is 16.1 Å². The van der Waals surface area contributed by atoms with Crippen molar-refractivity contribution in [3.05, 3.63) is 35.9 Å². The molecule has 0 aliphatic rings. The number of unbranched alkanes of at least 4 members (excludes halogenated alkanes) is 9. The Morgan fingerprint density at radius 3 is 2.03 bits per heavy atom. The number of hydrogen-bond donors (Lipinski definition) is 2. The third kappa shape index (κ3) is 14.3. The molecule has 166 valence electrons. The van der Waals surface area contributed by atoms with Gasteiger partial charge in [0.2, 0.25) is 0 Å². The van der Waals surface area contributed by atoms with Gasteiger partial charge >= 0.3 is 5.97 Å². The van der Waals surface area contributed by atoms with Crippen LogP contribution in [0, 0.1) is 0 Å². The van der Waals surface area contributed by atoms with Gasteiger partial charge in [-0.15, -0.1) is 0 Å². The molecule has 4 nitrogen and oxygen atoms in total.